The van der Waals surface area contributed by atoms with Gasteiger partial charge in [0.1, 0.15) is 5.69 Å². The molecule has 4 nitrogen and oxygen atoms in total. The molecule has 1 aromatic heterocycles. The average molecular weight is 286 g/mol. The van der Waals surface area contributed by atoms with Crippen LogP contribution in [0.5, 0.6) is 0 Å². The summed E-state index contributed by atoms with van der Waals surface area (Å²) < 4.78 is 7.75. The monoisotopic (exact) mass is 286 g/mol. The van der Waals surface area contributed by atoms with Crippen LogP contribution in [0.15, 0.2) is 24.3 Å². The van der Waals surface area contributed by atoms with Crippen LogP contribution in [0.4, 0.5) is 0 Å². The zero-order valence-electron chi connectivity index (χ0n) is 12.7. The topological polar surface area (TPSA) is 44.1 Å². The Morgan fingerprint density at radius 3 is 2.90 bits per heavy atom. The van der Waals surface area contributed by atoms with Gasteiger partial charge in [-0.1, -0.05) is 32.0 Å². The van der Waals surface area contributed by atoms with E-state index in [1.54, 1.807) is 0 Å². The first-order chi connectivity index (χ1) is 10.2. The van der Waals surface area contributed by atoms with Crippen LogP contribution in [0.1, 0.15) is 43.6 Å². The van der Waals surface area contributed by atoms with Crippen molar-refractivity contribution >= 4 is 16.7 Å². The summed E-state index contributed by atoms with van der Waals surface area (Å²) in [6.07, 6.45) is 3.64. The number of ether oxygens (including phenoxy) is 1. The lowest BCUT2D eigenvalue weighted by atomic mass is 10.0. The summed E-state index contributed by atoms with van der Waals surface area (Å²) in [6.45, 7) is 5.40. The van der Waals surface area contributed by atoms with Gasteiger partial charge in [-0.05, 0) is 25.3 Å². The van der Waals surface area contributed by atoms with Gasteiger partial charge in [-0.3, -0.25) is 9.48 Å². The van der Waals surface area contributed by atoms with Crippen LogP contribution in [0.3, 0.4) is 0 Å². The Labute approximate surface area is 125 Å². The van der Waals surface area contributed by atoms with E-state index in [0.29, 0.717) is 5.69 Å². The Morgan fingerprint density at radius 2 is 2.19 bits per heavy atom. The number of hydrogen-bond acceptors (Lipinski definition) is 3. The van der Waals surface area contributed by atoms with Crippen LogP contribution in [0.25, 0.3) is 10.9 Å². The lowest BCUT2D eigenvalue weighted by Crippen LogP contribution is -2.25. The second-order valence-corrected chi connectivity index (χ2v) is 6.06. The minimum Gasteiger partial charge on any atom is -0.376 e. The van der Waals surface area contributed by atoms with Crippen molar-refractivity contribution in [1.29, 1.82) is 0 Å². The molecule has 0 saturated carbocycles. The fraction of sp³-hybridized carbons (Fsp3) is 0.529. The molecule has 21 heavy (non-hydrogen) atoms. The number of para-hydroxylation sites is 1. The number of carbonyl (C=O) groups excluding carboxylic acids is 1. The van der Waals surface area contributed by atoms with Gasteiger partial charge in [0.15, 0.2) is 5.78 Å². The van der Waals surface area contributed by atoms with Crippen molar-refractivity contribution in [3.05, 3.63) is 30.0 Å². The van der Waals surface area contributed by atoms with Gasteiger partial charge in [0.25, 0.3) is 0 Å². The summed E-state index contributed by atoms with van der Waals surface area (Å²) in [5.41, 5.74) is 1.62. The normalized spacial score (nSPS) is 19.3. The second kappa shape index (κ2) is 5.98. The number of aromatic nitrogens is 2. The van der Waals surface area contributed by atoms with Gasteiger partial charge in [0, 0.05) is 17.9 Å². The van der Waals surface area contributed by atoms with Crippen LogP contribution in [-0.4, -0.2) is 28.3 Å². The minimum atomic E-state index is -0.0392. The molecule has 0 aliphatic carbocycles. The molecular formula is C17H22N2O2. The number of Topliss-reactive ketones (excluding diaryl/α,β-unsaturated/α-hetero) is 1. The van der Waals surface area contributed by atoms with Gasteiger partial charge < -0.3 is 4.74 Å². The minimum absolute atomic E-state index is 0.0392. The van der Waals surface area contributed by atoms with Gasteiger partial charge in [-0.25, -0.2) is 0 Å². The summed E-state index contributed by atoms with van der Waals surface area (Å²) in [7, 11) is 0. The first-order valence-corrected chi connectivity index (χ1v) is 7.78. The smallest absolute Gasteiger partial charge is 0.186 e. The Morgan fingerprint density at radius 1 is 1.38 bits per heavy atom. The molecule has 1 saturated heterocycles. The van der Waals surface area contributed by atoms with Crippen molar-refractivity contribution in [2.45, 2.75) is 45.8 Å². The summed E-state index contributed by atoms with van der Waals surface area (Å²) in [4.78, 5) is 12.4. The van der Waals surface area contributed by atoms with Crippen molar-refractivity contribution in [3.8, 4) is 0 Å². The van der Waals surface area contributed by atoms with E-state index in [-0.39, 0.29) is 17.8 Å². The number of carbonyl (C=O) groups is 1. The number of ketones is 1. The number of rotatable bonds is 4. The molecule has 2 aromatic rings. The molecule has 3 rings (SSSR count). The Kier molecular flexibility index (Phi) is 4.06. The molecule has 1 aliphatic rings. The van der Waals surface area contributed by atoms with Gasteiger partial charge in [-0.15, -0.1) is 0 Å². The third-order valence-electron chi connectivity index (χ3n) is 4.07. The number of hydrogen-bond donors (Lipinski definition) is 0. The number of fused-ring (bicyclic) bond motifs is 1. The summed E-state index contributed by atoms with van der Waals surface area (Å²) in [6, 6.07) is 7.97. The summed E-state index contributed by atoms with van der Waals surface area (Å²) in [5, 5.41) is 5.54. The highest BCUT2D eigenvalue weighted by molar-refractivity contribution is 6.06. The third-order valence-corrected chi connectivity index (χ3v) is 4.07. The van der Waals surface area contributed by atoms with Crippen molar-refractivity contribution < 1.29 is 9.53 Å². The van der Waals surface area contributed by atoms with E-state index >= 15 is 0 Å². The molecule has 1 unspecified atom stereocenters. The van der Waals surface area contributed by atoms with Gasteiger partial charge in [0.05, 0.1) is 18.2 Å². The maximum Gasteiger partial charge on any atom is 0.186 e. The zero-order valence-corrected chi connectivity index (χ0v) is 12.7. The van der Waals surface area contributed by atoms with Crippen LogP contribution in [-0.2, 0) is 11.3 Å². The van der Waals surface area contributed by atoms with Gasteiger partial charge >= 0.3 is 0 Å². The van der Waals surface area contributed by atoms with Crippen molar-refractivity contribution in [2.24, 2.45) is 5.92 Å². The lowest BCUT2D eigenvalue weighted by molar-refractivity contribution is 0.00467. The average Bonchev–Trinajstić information content (AvgIpc) is 2.86. The van der Waals surface area contributed by atoms with Crippen LogP contribution < -0.4 is 0 Å². The molecule has 1 aliphatic heterocycles. The van der Waals surface area contributed by atoms with E-state index in [2.05, 4.69) is 5.10 Å². The highest BCUT2D eigenvalue weighted by Crippen LogP contribution is 2.23. The fourth-order valence-corrected chi connectivity index (χ4v) is 2.87. The van der Waals surface area contributed by atoms with Crippen molar-refractivity contribution in [2.75, 3.05) is 6.61 Å². The quantitative estimate of drug-likeness (QED) is 0.809. The Hall–Kier alpha value is -1.68. The molecule has 1 fully saturated rings. The second-order valence-electron chi connectivity index (χ2n) is 6.06. The highest BCUT2D eigenvalue weighted by Gasteiger charge is 2.21. The molecule has 0 amide bonds. The first kappa shape index (κ1) is 14.3. The number of benzene rings is 1. The van der Waals surface area contributed by atoms with Crippen LogP contribution in [0, 0.1) is 5.92 Å². The first-order valence-electron chi connectivity index (χ1n) is 7.78. The van der Waals surface area contributed by atoms with E-state index in [1.165, 1.54) is 6.42 Å². The predicted molar refractivity (Wildman–Crippen MR) is 82.5 cm³/mol. The van der Waals surface area contributed by atoms with E-state index in [9.17, 15) is 4.79 Å². The van der Waals surface area contributed by atoms with Gasteiger partial charge in [-0.2, -0.15) is 5.10 Å². The maximum atomic E-state index is 12.4. The molecule has 0 N–H and O–H groups in total. The van der Waals surface area contributed by atoms with Crippen LogP contribution in [0.2, 0.25) is 0 Å². The van der Waals surface area contributed by atoms with Crippen molar-refractivity contribution in [3.63, 3.8) is 0 Å². The molecule has 1 aromatic carbocycles. The summed E-state index contributed by atoms with van der Waals surface area (Å²) in [5.74, 6) is 0.0669. The molecule has 0 bridgehead atoms. The fourth-order valence-electron chi connectivity index (χ4n) is 2.87. The predicted octanol–water partition coefficient (Wildman–Crippen LogP) is 3.44. The maximum absolute atomic E-state index is 12.4. The van der Waals surface area contributed by atoms with E-state index in [4.69, 9.17) is 4.74 Å². The third kappa shape index (κ3) is 2.86. The number of nitrogens with zero attached hydrogens (tertiary/aromatic N) is 2. The molecular weight excluding hydrogens is 264 g/mol. The Balaban J connectivity index is 1.96. The van der Waals surface area contributed by atoms with E-state index in [0.717, 1.165) is 36.9 Å². The molecule has 0 radical (unpaired) electrons. The highest BCUT2D eigenvalue weighted by atomic mass is 16.5. The molecule has 112 valence electrons. The summed E-state index contributed by atoms with van der Waals surface area (Å²) >= 11 is 0. The van der Waals surface area contributed by atoms with Gasteiger partial charge in [0.2, 0.25) is 0 Å². The van der Waals surface area contributed by atoms with E-state index in [1.807, 2.05) is 42.8 Å². The molecule has 2 heterocycles. The zero-order chi connectivity index (χ0) is 14.8. The molecule has 4 heteroatoms. The SMILES string of the molecule is CC(C)C(=O)c1nn(CC2CCCCO2)c2ccccc12. The molecule has 0 spiro atoms. The molecule has 1 atom stereocenters. The largest absolute Gasteiger partial charge is 0.376 e. The Bertz CT molecular complexity index is 639. The lowest BCUT2D eigenvalue weighted by Gasteiger charge is -2.22. The van der Waals surface area contributed by atoms with Crippen LogP contribution >= 0.6 is 0 Å². The van der Waals surface area contributed by atoms with E-state index < -0.39 is 0 Å². The standard InChI is InChI=1S/C17H22N2O2/c1-12(2)17(20)16-14-8-3-4-9-15(14)19(18-16)11-13-7-5-6-10-21-13/h3-4,8-9,12-13H,5-7,10-11H2,1-2H3. The van der Waals surface area contributed by atoms with Crippen molar-refractivity contribution in [1.82, 2.24) is 9.78 Å².